The fraction of sp³-hybridized carbons (Fsp3) is 0.583. The number of rotatable bonds is 17. The van der Waals surface area contributed by atoms with E-state index in [9.17, 15) is 34.5 Å². The van der Waals surface area contributed by atoms with Gasteiger partial charge in [-0.15, -0.1) is 0 Å². The molecular weight excluding hydrogens is 502 g/mol. The van der Waals surface area contributed by atoms with Gasteiger partial charge in [0, 0.05) is 6.42 Å². The summed E-state index contributed by atoms with van der Waals surface area (Å²) in [5.74, 6) is -2.72. The number of aliphatic hydroxyl groups excluding tert-OH is 1. The van der Waals surface area contributed by atoms with E-state index in [0.29, 0.717) is 37.1 Å². The van der Waals surface area contributed by atoms with E-state index in [4.69, 9.17) is 11.5 Å². The van der Waals surface area contributed by atoms with Crippen LogP contribution in [0, 0.1) is 0 Å². The van der Waals surface area contributed by atoms with Crippen LogP contribution in [0.5, 0.6) is 5.75 Å². The van der Waals surface area contributed by atoms with Gasteiger partial charge in [-0.2, -0.15) is 11.8 Å². The lowest BCUT2D eigenvalue weighted by Gasteiger charge is -2.26. The Kier molecular flexibility index (Phi) is 14.6. The van der Waals surface area contributed by atoms with Gasteiger partial charge in [0.05, 0.1) is 12.1 Å². The lowest BCUT2D eigenvalue weighted by atomic mass is 10.0. The molecule has 12 nitrogen and oxygen atoms in total. The van der Waals surface area contributed by atoms with Gasteiger partial charge < -0.3 is 42.7 Å². The third-order valence-corrected chi connectivity index (χ3v) is 6.25. The number of aliphatic hydroxyl groups is 1. The van der Waals surface area contributed by atoms with E-state index in [1.165, 1.54) is 30.8 Å². The van der Waals surface area contributed by atoms with Crippen molar-refractivity contribution in [3.63, 3.8) is 0 Å². The molecule has 10 N–H and O–H groups in total. The number of thioether (sulfide) groups is 1. The van der Waals surface area contributed by atoms with Gasteiger partial charge in [-0.1, -0.05) is 12.1 Å². The Bertz CT molecular complexity index is 885. The number of unbranched alkanes of at least 4 members (excludes halogenated alkanes) is 1. The van der Waals surface area contributed by atoms with Crippen molar-refractivity contribution in [3.05, 3.63) is 29.8 Å². The first-order valence-electron chi connectivity index (χ1n) is 12.0. The number of amides is 3. The molecule has 0 saturated heterocycles. The minimum absolute atomic E-state index is 0.0376. The normalized spacial score (nSPS) is 15.1. The van der Waals surface area contributed by atoms with Crippen LogP contribution < -0.4 is 27.4 Å². The second kappa shape index (κ2) is 16.8. The van der Waals surface area contributed by atoms with Gasteiger partial charge in [0.15, 0.2) is 6.04 Å². The van der Waals surface area contributed by atoms with Gasteiger partial charge in [-0.05, 0) is 68.9 Å². The highest BCUT2D eigenvalue weighted by molar-refractivity contribution is 7.98. The maximum absolute atomic E-state index is 13.3. The van der Waals surface area contributed by atoms with Crippen molar-refractivity contribution in [2.75, 3.05) is 18.6 Å². The molecule has 1 aromatic carbocycles. The third kappa shape index (κ3) is 11.8. The molecule has 0 aromatic heterocycles. The minimum Gasteiger partial charge on any atom is -0.508 e. The molecule has 0 radical (unpaired) electrons. The minimum atomic E-state index is -1.57. The SMILES string of the molecule is CSCCC(N)C(=O)NC(Cc1ccc(O)cc1)C(=O)NC(CCCCN)C(=O)NC(C(=O)O)C(C)O. The summed E-state index contributed by atoms with van der Waals surface area (Å²) in [5, 5.41) is 36.1. The zero-order chi connectivity index (χ0) is 28.0. The second-order valence-corrected chi connectivity index (χ2v) is 9.72. The Labute approximate surface area is 220 Å². The predicted molar refractivity (Wildman–Crippen MR) is 141 cm³/mol. The highest BCUT2D eigenvalue weighted by Crippen LogP contribution is 2.12. The fourth-order valence-electron chi connectivity index (χ4n) is 3.41. The Morgan fingerprint density at radius 2 is 1.54 bits per heavy atom. The van der Waals surface area contributed by atoms with Gasteiger partial charge in [0.1, 0.15) is 17.8 Å². The molecule has 0 aliphatic rings. The maximum Gasteiger partial charge on any atom is 0.328 e. The van der Waals surface area contributed by atoms with Crippen LogP contribution in [0.2, 0.25) is 0 Å². The molecular formula is C24H39N5O7S. The number of phenols is 1. The number of hydrogen-bond acceptors (Lipinski definition) is 9. The van der Waals surface area contributed by atoms with E-state index >= 15 is 0 Å². The van der Waals surface area contributed by atoms with E-state index in [0.717, 1.165) is 0 Å². The summed E-state index contributed by atoms with van der Waals surface area (Å²) in [5.41, 5.74) is 12.1. The van der Waals surface area contributed by atoms with Gasteiger partial charge in [0.25, 0.3) is 0 Å². The molecule has 0 saturated carbocycles. The number of carbonyl (C=O) groups is 4. The number of aliphatic carboxylic acids is 1. The van der Waals surface area contributed by atoms with Crippen LogP contribution in [-0.2, 0) is 25.6 Å². The van der Waals surface area contributed by atoms with Gasteiger partial charge in [-0.3, -0.25) is 14.4 Å². The number of carboxylic acid groups (broad SMARTS) is 1. The van der Waals surface area contributed by atoms with E-state index < -0.39 is 54.0 Å². The van der Waals surface area contributed by atoms with Gasteiger partial charge in [-0.25, -0.2) is 4.79 Å². The van der Waals surface area contributed by atoms with Gasteiger partial charge >= 0.3 is 5.97 Å². The topological polar surface area (TPSA) is 217 Å². The highest BCUT2D eigenvalue weighted by atomic mass is 32.2. The molecule has 0 aliphatic carbocycles. The molecule has 5 atom stereocenters. The van der Waals surface area contributed by atoms with Crippen LogP contribution in [0.25, 0.3) is 0 Å². The van der Waals surface area contributed by atoms with Gasteiger partial charge in [0.2, 0.25) is 17.7 Å². The fourth-order valence-corrected chi connectivity index (χ4v) is 3.90. The van der Waals surface area contributed by atoms with Crippen LogP contribution in [-0.4, -0.2) is 87.8 Å². The second-order valence-electron chi connectivity index (χ2n) is 8.73. The Balaban J connectivity index is 3.12. The number of benzene rings is 1. The number of carboxylic acids is 1. The molecule has 0 aliphatic heterocycles. The number of nitrogens with one attached hydrogen (secondary N) is 3. The summed E-state index contributed by atoms with van der Waals surface area (Å²) in [6, 6.07) is 1.44. The standard InChI is InChI=1S/C24H39N5O7S/c1-14(30)20(24(35)36)29-22(33)18(5-3-4-11-25)27-23(34)19(13-15-6-8-16(31)9-7-15)28-21(32)17(26)10-12-37-2/h6-9,14,17-20,30-31H,3-5,10-13,25-26H2,1-2H3,(H,27,34)(H,28,32)(H,29,33)(H,35,36). The summed E-state index contributed by atoms with van der Waals surface area (Å²) in [7, 11) is 0. The molecule has 5 unspecified atom stereocenters. The summed E-state index contributed by atoms with van der Waals surface area (Å²) in [6.07, 6.45) is 2.16. The molecule has 37 heavy (non-hydrogen) atoms. The molecule has 0 heterocycles. The number of hydrogen-bond donors (Lipinski definition) is 8. The smallest absolute Gasteiger partial charge is 0.328 e. The Morgan fingerprint density at radius 1 is 0.946 bits per heavy atom. The van der Waals surface area contributed by atoms with Crippen molar-refractivity contribution in [2.24, 2.45) is 11.5 Å². The number of aromatic hydroxyl groups is 1. The van der Waals surface area contributed by atoms with E-state index in [1.807, 2.05) is 6.26 Å². The van der Waals surface area contributed by atoms with Crippen LogP contribution in [0.4, 0.5) is 0 Å². The Morgan fingerprint density at radius 3 is 2.08 bits per heavy atom. The first-order chi connectivity index (χ1) is 17.5. The van der Waals surface area contributed by atoms with Crippen molar-refractivity contribution in [3.8, 4) is 5.75 Å². The molecule has 0 spiro atoms. The summed E-state index contributed by atoms with van der Waals surface area (Å²) >= 11 is 1.53. The zero-order valence-electron chi connectivity index (χ0n) is 21.2. The summed E-state index contributed by atoms with van der Waals surface area (Å²) < 4.78 is 0. The lowest BCUT2D eigenvalue weighted by Crippen LogP contribution is -2.58. The van der Waals surface area contributed by atoms with Crippen LogP contribution >= 0.6 is 11.8 Å². The number of phenolic OH excluding ortho intramolecular Hbond substituents is 1. The summed E-state index contributed by atoms with van der Waals surface area (Å²) in [4.78, 5) is 50.3. The molecule has 0 fully saturated rings. The van der Waals surface area contributed by atoms with Crippen LogP contribution in [0.15, 0.2) is 24.3 Å². The Hall–Kier alpha value is -2.87. The lowest BCUT2D eigenvalue weighted by molar-refractivity contribution is -0.145. The van der Waals surface area contributed by atoms with Crippen molar-refractivity contribution in [2.45, 2.75) is 69.3 Å². The molecule has 0 bridgehead atoms. The zero-order valence-corrected chi connectivity index (χ0v) is 22.0. The van der Waals surface area contributed by atoms with Crippen LogP contribution in [0.1, 0.15) is 38.2 Å². The van der Waals surface area contributed by atoms with Crippen LogP contribution in [0.3, 0.4) is 0 Å². The number of nitrogens with two attached hydrogens (primary N) is 2. The molecule has 1 aromatic rings. The average molecular weight is 542 g/mol. The molecule has 13 heteroatoms. The maximum atomic E-state index is 13.3. The first kappa shape index (κ1) is 32.2. The van der Waals surface area contributed by atoms with Crippen molar-refractivity contribution < 1.29 is 34.5 Å². The van der Waals surface area contributed by atoms with Crippen molar-refractivity contribution in [1.29, 1.82) is 0 Å². The quantitative estimate of drug-likeness (QED) is 0.113. The van der Waals surface area contributed by atoms with E-state index in [2.05, 4.69) is 16.0 Å². The van der Waals surface area contributed by atoms with Crippen molar-refractivity contribution in [1.82, 2.24) is 16.0 Å². The largest absolute Gasteiger partial charge is 0.508 e. The molecule has 208 valence electrons. The highest BCUT2D eigenvalue weighted by Gasteiger charge is 2.31. The molecule has 3 amide bonds. The first-order valence-corrected chi connectivity index (χ1v) is 13.4. The summed E-state index contributed by atoms with van der Waals surface area (Å²) in [6.45, 7) is 1.59. The van der Waals surface area contributed by atoms with E-state index in [1.54, 1.807) is 12.1 Å². The third-order valence-electron chi connectivity index (χ3n) is 5.61. The van der Waals surface area contributed by atoms with E-state index in [-0.39, 0.29) is 18.6 Å². The molecule has 1 rings (SSSR count). The average Bonchev–Trinajstić information content (AvgIpc) is 2.85. The monoisotopic (exact) mass is 541 g/mol. The number of carbonyl (C=O) groups excluding carboxylic acids is 3. The predicted octanol–water partition coefficient (Wildman–Crippen LogP) is -0.936. The van der Waals surface area contributed by atoms with Crippen molar-refractivity contribution >= 4 is 35.5 Å².